The smallest absolute Gasteiger partial charge is 0.410 e. The van der Waals surface area contributed by atoms with Gasteiger partial charge in [0.15, 0.2) is 0 Å². The van der Waals surface area contributed by atoms with E-state index in [0.29, 0.717) is 25.5 Å². The lowest BCUT2D eigenvalue weighted by molar-refractivity contribution is -0.0291. The van der Waals surface area contributed by atoms with Crippen molar-refractivity contribution in [1.29, 1.82) is 0 Å². The lowest BCUT2D eigenvalue weighted by Gasteiger charge is -2.26. The van der Waals surface area contributed by atoms with E-state index in [0.717, 1.165) is 18.7 Å². The van der Waals surface area contributed by atoms with Crippen LogP contribution in [-0.4, -0.2) is 50.8 Å². The Kier molecular flexibility index (Phi) is 8.22. The van der Waals surface area contributed by atoms with Gasteiger partial charge in [-0.25, -0.2) is 9.78 Å². The van der Waals surface area contributed by atoms with E-state index in [2.05, 4.69) is 25.8 Å². The highest BCUT2D eigenvalue weighted by Crippen LogP contribution is 2.15. The number of aromatic nitrogens is 2. The van der Waals surface area contributed by atoms with Gasteiger partial charge in [0.1, 0.15) is 5.60 Å². The van der Waals surface area contributed by atoms with Gasteiger partial charge in [0, 0.05) is 25.2 Å². The molecule has 0 fully saturated rings. The Morgan fingerprint density at radius 2 is 2.00 bits per heavy atom. The van der Waals surface area contributed by atoms with Gasteiger partial charge in [-0.3, -0.25) is 0 Å². The molecular formula is C18H32ClN3O3. The number of amides is 1. The fourth-order valence-corrected chi connectivity index (χ4v) is 2.50. The third kappa shape index (κ3) is 8.59. The van der Waals surface area contributed by atoms with Crippen LogP contribution in [0.3, 0.4) is 0 Å². The average Bonchev–Trinajstić information content (AvgIpc) is 2.89. The molecule has 0 atom stereocenters. The summed E-state index contributed by atoms with van der Waals surface area (Å²) in [5, 5.41) is 0. The van der Waals surface area contributed by atoms with Crippen molar-refractivity contribution >= 4 is 17.7 Å². The molecule has 144 valence electrons. The molecule has 0 N–H and O–H groups in total. The summed E-state index contributed by atoms with van der Waals surface area (Å²) >= 11 is 5.83. The molecule has 6 nitrogen and oxygen atoms in total. The molecule has 0 aliphatic rings. The quantitative estimate of drug-likeness (QED) is 0.612. The minimum Gasteiger partial charge on any atom is -0.444 e. The SMILES string of the molecule is CCCOC(C)(C)Cn1cnc(CN(CCCl)C(=O)OC(C)(C)C)c1. The maximum atomic E-state index is 12.3. The summed E-state index contributed by atoms with van der Waals surface area (Å²) in [5.74, 6) is 0.345. The van der Waals surface area contributed by atoms with Crippen molar-refractivity contribution in [3.05, 3.63) is 18.2 Å². The molecule has 0 aromatic carbocycles. The first kappa shape index (κ1) is 21.8. The van der Waals surface area contributed by atoms with Crippen LogP contribution in [-0.2, 0) is 22.6 Å². The van der Waals surface area contributed by atoms with Crippen molar-refractivity contribution in [1.82, 2.24) is 14.5 Å². The molecule has 0 aliphatic heterocycles. The van der Waals surface area contributed by atoms with Crippen molar-refractivity contribution in [3.8, 4) is 0 Å². The summed E-state index contributed by atoms with van der Waals surface area (Å²) in [6, 6.07) is 0. The second-order valence-electron chi connectivity index (χ2n) is 7.74. The zero-order chi connectivity index (χ0) is 19.1. The largest absolute Gasteiger partial charge is 0.444 e. The van der Waals surface area contributed by atoms with Crippen molar-refractivity contribution in [2.24, 2.45) is 0 Å². The van der Waals surface area contributed by atoms with E-state index >= 15 is 0 Å². The third-order valence-electron chi connectivity index (χ3n) is 3.31. The minimum absolute atomic E-state index is 0.269. The van der Waals surface area contributed by atoms with Crippen LogP contribution in [0.25, 0.3) is 0 Å². The Morgan fingerprint density at radius 3 is 2.56 bits per heavy atom. The average molecular weight is 374 g/mol. The molecule has 0 unspecified atom stereocenters. The van der Waals surface area contributed by atoms with Crippen LogP contribution in [0.5, 0.6) is 0 Å². The number of alkyl halides is 1. The molecule has 0 radical (unpaired) electrons. The molecule has 1 aromatic rings. The predicted molar refractivity (Wildman–Crippen MR) is 99.9 cm³/mol. The maximum absolute atomic E-state index is 12.3. The van der Waals surface area contributed by atoms with Crippen molar-refractivity contribution < 1.29 is 14.3 Å². The third-order valence-corrected chi connectivity index (χ3v) is 3.48. The number of nitrogens with zero attached hydrogens (tertiary/aromatic N) is 3. The highest BCUT2D eigenvalue weighted by molar-refractivity contribution is 6.18. The lowest BCUT2D eigenvalue weighted by Crippen LogP contribution is -2.37. The van der Waals surface area contributed by atoms with Crippen LogP contribution in [0.15, 0.2) is 12.5 Å². The van der Waals surface area contributed by atoms with Crippen LogP contribution < -0.4 is 0 Å². The zero-order valence-electron chi connectivity index (χ0n) is 16.3. The summed E-state index contributed by atoms with van der Waals surface area (Å²) in [6.07, 6.45) is 4.31. The number of halogens is 1. The Bertz CT molecular complexity index is 538. The van der Waals surface area contributed by atoms with Gasteiger partial charge in [-0.1, -0.05) is 6.92 Å². The van der Waals surface area contributed by atoms with Crippen LogP contribution in [0.4, 0.5) is 4.79 Å². The van der Waals surface area contributed by atoms with Gasteiger partial charge in [0.2, 0.25) is 0 Å². The van der Waals surface area contributed by atoms with Gasteiger partial charge in [-0.2, -0.15) is 0 Å². The number of hydrogen-bond acceptors (Lipinski definition) is 4. The minimum atomic E-state index is -0.540. The Labute approximate surface area is 156 Å². The van der Waals surface area contributed by atoms with E-state index in [4.69, 9.17) is 21.1 Å². The van der Waals surface area contributed by atoms with Gasteiger partial charge in [0.05, 0.1) is 30.7 Å². The Morgan fingerprint density at radius 1 is 1.32 bits per heavy atom. The first-order valence-electron chi connectivity index (χ1n) is 8.75. The summed E-state index contributed by atoms with van der Waals surface area (Å²) < 4.78 is 13.3. The first-order chi connectivity index (χ1) is 11.6. The highest BCUT2D eigenvalue weighted by Gasteiger charge is 2.23. The molecule has 1 heterocycles. The van der Waals surface area contributed by atoms with E-state index in [1.54, 1.807) is 11.2 Å². The monoisotopic (exact) mass is 373 g/mol. The zero-order valence-corrected chi connectivity index (χ0v) is 17.1. The van der Waals surface area contributed by atoms with Gasteiger partial charge >= 0.3 is 6.09 Å². The molecule has 0 spiro atoms. The summed E-state index contributed by atoms with van der Waals surface area (Å²) in [6.45, 7) is 13.9. The van der Waals surface area contributed by atoms with Gasteiger partial charge in [0.25, 0.3) is 0 Å². The van der Waals surface area contributed by atoms with Crippen molar-refractivity contribution in [2.45, 2.75) is 72.3 Å². The van der Waals surface area contributed by atoms with Crippen LogP contribution >= 0.6 is 11.6 Å². The molecule has 0 aliphatic carbocycles. The molecule has 1 rings (SSSR count). The number of carbonyl (C=O) groups excluding carboxylic acids is 1. The second-order valence-corrected chi connectivity index (χ2v) is 8.11. The normalized spacial score (nSPS) is 12.3. The lowest BCUT2D eigenvalue weighted by atomic mass is 10.1. The second kappa shape index (κ2) is 9.43. The Hall–Kier alpha value is -1.27. The summed E-state index contributed by atoms with van der Waals surface area (Å²) in [7, 11) is 0. The number of ether oxygens (including phenoxy) is 2. The van der Waals surface area contributed by atoms with E-state index in [1.807, 2.05) is 31.5 Å². The molecule has 0 saturated carbocycles. The van der Waals surface area contributed by atoms with Crippen molar-refractivity contribution in [3.63, 3.8) is 0 Å². The summed E-state index contributed by atoms with van der Waals surface area (Å²) in [4.78, 5) is 18.3. The number of imidazole rings is 1. The fourth-order valence-electron chi connectivity index (χ4n) is 2.30. The topological polar surface area (TPSA) is 56.6 Å². The molecule has 1 aromatic heterocycles. The first-order valence-corrected chi connectivity index (χ1v) is 9.28. The standard InChI is InChI=1S/C18H32ClN3O3/c1-7-10-24-18(5,6)13-21-11-15(20-14-21)12-22(9-8-19)16(23)25-17(2,3)4/h11,14H,7-10,12-13H2,1-6H3. The van der Waals surface area contributed by atoms with Crippen molar-refractivity contribution in [2.75, 3.05) is 19.0 Å². The number of rotatable bonds is 9. The molecule has 0 saturated heterocycles. The van der Waals surface area contributed by atoms with E-state index < -0.39 is 5.60 Å². The van der Waals surface area contributed by atoms with E-state index in [9.17, 15) is 4.79 Å². The van der Waals surface area contributed by atoms with E-state index in [1.165, 1.54) is 0 Å². The summed E-state index contributed by atoms with van der Waals surface area (Å²) in [5.41, 5.74) is -0.0151. The van der Waals surface area contributed by atoms with Crippen LogP contribution in [0.1, 0.15) is 53.7 Å². The number of carbonyl (C=O) groups is 1. The Balaban J connectivity index is 2.71. The van der Waals surface area contributed by atoms with Gasteiger partial charge in [-0.15, -0.1) is 11.6 Å². The number of hydrogen-bond donors (Lipinski definition) is 0. The molecular weight excluding hydrogens is 342 g/mol. The van der Waals surface area contributed by atoms with Gasteiger partial charge in [-0.05, 0) is 41.0 Å². The van der Waals surface area contributed by atoms with Gasteiger partial charge < -0.3 is 18.9 Å². The predicted octanol–water partition coefficient (Wildman–Crippen LogP) is 4.06. The van der Waals surface area contributed by atoms with Crippen LogP contribution in [0, 0.1) is 0 Å². The molecule has 25 heavy (non-hydrogen) atoms. The highest BCUT2D eigenvalue weighted by atomic mass is 35.5. The molecule has 1 amide bonds. The molecule has 7 heteroatoms. The van der Waals surface area contributed by atoms with Crippen LogP contribution in [0.2, 0.25) is 0 Å². The van der Waals surface area contributed by atoms with E-state index in [-0.39, 0.29) is 11.7 Å². The molecule has 0 bridgehead atoms. The fraction of sp³-hybridized carbons (Fsp3) is 0.778. The maximum Gasteiger partial charge on any atom is 0.410 e.